The Hall–Kier alpha value is -2.68. The highest BCUT2D eigenvalue weighted by Gasteiger charge is 2.40. The Labute approximate surface area is 224 Å². The number of carbonyl (C=O) groups excluding carboxylic acids is 1. The summed E-state index contributed by atoms with van der Waals surface area (Å²) in [7, 11) is 0. The molecule has 3 atom stereocenters. The van der Waals surface area contributed by atoms with Gasteiger partial charge in [-0.25, -0.2) is 0 Å². The smallest absolute Gasteiger partial charge is 0.288 e. The van der Waals surface area contributed by atoms with Crippen molar-refractivity contribution in [2.75, 3.05) is 39.4 Å². The van der Waals surface area contributed by atoms with Crippen LogP contribution in [0.1, 0.15) is 63.4 Å². The Balaban J connectivity index is 1.42. The molecule has 1 N–H and O–H groups in total. The van der Waals surface area contributed by atoms with Crippen LogP contribution in [0.3, 0.4) is 0 Å². The lowest BCUT2D eigenvalue weighted by atomic mass is 9.80. The van der Waals surface area contributed by atoms with E-state index in [4.69, 9.17) is 13.9 Å². The van der Waals surface area contributed by atoms with Crippen LogP contribution >= 0.6 is 0 Å². The first-order valence-electron chi connectivity index (χ1n) is 14.3. The molecule has 2 fully saturated rings. The van der Waals surface area contributed by atoms with Gasteiger partial charge in [0.15, 0.2) is 11.2 Å². The minimum atomic E-state index is -0.697. The number of para-hydroxylation sites is 1. The van der Waals surface area contributed by atoms with E-state index in [1.807, 2.05) is 24.0 Å². The van der Waals surface area contributed by atoms with Crippen molar-refractivity contribution in [1.29, 1.82) is 0 Å². The molecule has 1 aromatic carbocycles. The van der Waals surface area contributed by atoms with Crippen LogP contribution in [0, 0.1) is 5.92 Å². The van der Waals surface area contributed by atoms with E-state index in [9.17, 15) is 14.7 Å². The fraction of sp³-hybridized carbons (Fsp3) is 0.600. The SMILES string of the molecule is CCO[C@H]1OC(C(=O)N2CCC(N3CCCCC3)CC2)=C[C@@H](c2coc3ccccc3c2=O)[C@H]1CCCO. The maximum Gasteiger partial charge on any atom is 0.288 e. The van der Waals surface area contributed by atoms with Gasteiger partial charge in [-0.3, -0.25) is 9.59 Å². The normalized spacial score (nSPS) is 25.3. The van der Waals surface area contributed by atoms with Gasteiger partial charge in [0.05, 0.1) is 11.6 Å². The fourth-order valence-corrected chi connectivity index (χ4v) is 6.31. The summed E-state index contributed by atoms with van der Waals surface area (Å²) in [6, 6.07) is 7.72. The molecule has 3 aliphatic rings. The number of piperidine rings is 2. The van der Waals surface area contributed by atoms with Gasteiger partial charge in [0.2, 0.25) is 6.29 Å². The van der Waals surface area contributed by atoms with Crippen LogP contribution in [-0.2, 0) is 14.3 Å². The molecule has 0 radical (unpaired) electrons. The van der Waals surface area contributed by atoms with E-state index in [-0.39, 0.29) is 29.6 Å². The molecule has 5 rings (SSSR count). The largest absolute Gasteiger partial charge is 0.464 e. The standard InChI is InChI=1S/C30H40N2O6/c1-2-36-30-22(10-8-18-33)24(25-20-37-26-11-5-4-9-23(26)28(25)34)19-27(38-30)29(35)32-16-12-21(13-17-32)31-14-6-3-7-15-31/h4-5,9,11,19-22,24,30,33H,2-3,6-8,10,12-18H2,1H3/t22-,24-,30+/m1/s1. The zero-order valence-electron chi connectivity index (χ0n) is 22.3. The van der Waals surface area contributed by atoms with Crippen LogP contribution in [-0.4, -0.2) is 72.5 Å². The van der Waals surface area contributed by atoms with Crippen LogP contribution in [0.4, 0.5) is 0 Å². The first-order chi connectivity index (χ1) is 18.6. The Morgan fingerprint density at radius 2 is 1.87 bits per heavy atom. The lowest BCUT2D eigenvalue weighted by molar-refractivity contribution is -0.171. The molecule has 1 aromatic heterocycles. The molecule has 0 spiro atoms. The number of amides is 1. The molecule has 8 heteroatoms. The van der Waals surface area contributed by atoms with E-state index in [1.54, 1.807) is 18.2 Å². The molecule has 0 bridgehead atoms. The third-order valence-electron chi connectivity index (χ3n) is 8.35. The van der Waals surface area contributed by atoms with Crippen LogP contribution in [0.25, 0.3) is 11.0 Å². The molecule has 38 heavy (non-hydrogen) atoms. The zero-order chi connectivity index (χ0) is 26.5. The number of allylic oxidation sites excluding steroid dienone is 1. The highest BCUT2D eigenvalue weighted by Crippen LogP contribution is 2.39. The number of ether oxygens (including phenoxy) is 2. The molecule has 206 valence electrons. The van der Waals surface area contributed by atoms with Crippen molar-refractivity contribution < 1.29 is 23.8 Å². The molecule has 4 heterocycles. The monoisotopic (exact) mass is 524 g/mol. The molecule has 0 unspecified atom stereocenters. The Kier molecular flexibility index (Phi) is 8.82. The molecule has 3 aliphatic heterocycles. The third-order valence-corrected chi connectivity index (χ3v) is 8.35. The zero-order valence-corrected chi connectivity index (χ0v) is 22.3. The molecule has 2 saturated heterocycles. The number of hydrogen-bond acceptors (Lipinski definition) is 7. The van der Waals surface area contributed by atoms with E-state index < -0.39 is 12.2 Å². The van der Waals surface area contributed by atoms with Gasteiger partial charge in [-0.15, -0.1) is 0 Å². The van der Waals surface area contributed by atoms with Crippen molar-refractivity contribution in [3.05, 3.63) is 58.2 Å². The van der Waals surface area contributed by atoms with Gasteiger partial charge < -0.3 is 28.8 Å². The van der Waals surface area contributed by atoms with Gasteiger partial charge in [0, 0.05) is 49.7 Å². The van der Waals surface area contributed by atoms with E-state index >= 15 is 0 Å². The second kappa shape index (κ2) is 12.5. The Bertz CT molecular complexity index is 1180. The summed E-state index contributed by atoms with van der Waals surface area (Å²) < 4.78 is 18.0. The topological polar surface area (TPSA) is 92.5 Å². The summed E-state index contributed by atoms with van der Waals surface area (Å²) in [5.74, 6) is -0.592. The van der Waals surface area contributed by atoms with Crippen molar-refractivity contribution >= 4 is 16.9 Å². The van der Waals surface area contributed by atoms with E-state index in [0.29, 0.717) is 55.1 Å². The number of hydrogen-bond donors (Lipinski definition) is 1. The molecule has 1 amide bonds. The van der Waals surface area contributed by atoms with E-state index in [2.05, 4.69) is 4.90 Å². The number of rotatable bonds is 8. The van der Waals surface area contributed by atoms with Crippen molar-refractivity contribution in [3.8, 4) is 0 Å². The van der Waals surface area contributed by atoms with E-state index in [1.165, 1.54) is 25.5 Å². The lowest BCUT2D eigenvalue weighted by Crippen LogP contribution is -2.49. The van der Waals surface area contributed by atoms with Gasteiger partial charge in [0.25, 0.3) is 5.91 Å². The number of carbonyl (C=O) groups is 1. The number of fused-ring (bicyclic) bond motifs is 1. The average Bonchev–Trinajstić information content (AvgIpc) is 2.97. The van der Waals surface area contributed by atoms with Gasteiger partial charge in [-0.05, 0) is 76.7 Å². The summed E-state index contributed by atoms with van der Waals surface area (Å²) in [5.41, 5.74) is 0.889. The number of nitrogens with zero attached hydrogens (tertiary/aromatic N) is 2. The number of likely N-dealkylation sites (tertiary alicyclic amines) is 2. The molecule has 8 nitrogen and oxygen atoms in total. The van der Waals surface area contributed by atoms with Crippen molar-refractivity contribution in [2.45, 2.75) is 70.1 Å². The summed E-state index contributed by atoms with van der Waals surface area (Å²) in [5, 5.41) is 10.1. The number of benzene rings is 1. The van der Waals surface area contributed by atoms with Gasteiger partial charge in [-0.2, -0.15) is 0 Å². The van der Waals surface area contributed by atoms with Gasteiger partial charge >= 0.3 is 0 Å². The van der Waals surface area contributed by atoms with Crippen molar-refractivity contribution in [3.63, 3.8) is 0 Å². The lowest BCUT2D eigenvalue weighted by Gasteiger charge is -2.41. The maximum absolute atomic E-state index is 13.7. The van der Waals surface area contributed by atoms with Crippen molar-refractivity contribution in [2.24, 2.45) is 5.92 Å². The second-order valence-corrected chi connectivity index (χ2v) is 10.7. The van der Waals surface area contributed by atoms with Gasteiger partial charge in [-0.1, -0.05) is 18.6 Å². The molecular formula is C30H40N2O6. The first kappa shape index (κ1) is 26.9. The second-order valence-electron chi connectivity index (χ2n) is 10.7. The minimum absolute atomic E-state index is 0.0237. The Morgan fingerprint density at radius 3 is 2.61 bits per heavy atom. The summed E-state index contributed by atoms with van der Waals surface area (Å²) >= 11 is 0. The highest BCUT2D eigenvalue weighted by atomic mass is 16.7. The predicted molar refractivity (Wildman–Crippen MR) is 145 cm³/mol. The average molecular weight is 525 g/mol. The fourth-order valence-electron chi connectivity index (χ4n) is 6.31. The van der Waals surface area contributed by atoms with Crippen LogP contribution in [0.5, 0.6) is 0 Å². The Morgan fingerprint density at radius 1 is 1.11 bits per heavy atom. The van der Waals surface area contributed by atoms with Crippen LogP contribution in [0.15, 0.2) is 51.6 Å². The molecule has 0 aliphatic carbocycles. The third kappa shape index (κ3) is 5.67. The molecular weight excluding hydrogens is 484 g/mol. The summed E-state index contributed by atoms with van der Waals surface area (Å²) in [4.78, 5) is 31.7. The number of aliphatic hydroxyl groups excluding tert-OH is 1. The van der Waals surface area contributed by atoms with E-state index in [0.717, 1.165) is 25.9 Å². The van der Waals surface area contributed by atoms with Crippen LogP contribution < -0.4 is 5.43 Å². The maximum atomic E-state index is 13.7. The molecule has 2 aromatic rings. The summed E-state index contributed by atoms with van der Waals surface area (Å²) in [6.07, 6.45) is 9.49. The highest BCUT2D eigenvalue weighted by molar-refractivity contribution is 5.92. The first-order valence-corrected chi connectivity index (χ1v) is 14.3. The molecule has 0 saturated carbocycles. The number of aliphatic hydroxyl groups is 1. The predicted octanol–water partition coefficient (Wildman–Crippen LogP) is 4.02. The van der Waals surface area contributed by atoms with Crippen LogP contribution in [0.2, 0.25) is 0 Å². The minimum Gasteiger partial charge on any atom is -0.464 e. The quantitative estimate of drug-likeness (QED) is 0.558. The summed E-state index contributed by atoms with van der Waals surface area (Å²) in [6.45, 7) is 6.02. The van der Waals surface area contributed by atoms with Gasteiger partial charge in [0.1, 0.15) is 5.58 Å². The van der Waals surface area contributed by atoms with Crippen molar-refractivity contribution in [1.82, 2.24) is 9.80 Å².